The van der Waals surface area contributed by atoms with Crippen LogP contribution in [0, 0.1) is 13.8 Å². The molecule has 106 valence electrons. The molecule has 0 amide bonds. The molecule has 2 aromatic heterocycles. The van der Waals surface area contributed by atoms with Crippen LogP contribution in [0.5, 0.6) is 0 Å². The van der Waals surface area contributed by atoms with Crippen LogP contribution in [0.25, 0.3) is 5.69 Å². The third-order valence-electron chi connectivity index (χ3n) is 3.11. The van der Waals surface area contributed by atoms with E-state index < -0.39 is 0 Å². The van der Waals surface area contributed by atoms with E-state index in [2.05, 4.69) is 30.8 Å². The van der Waals surface area contributed by atoms with Gasteiger partial charge in [0.15, 0.2) is 0 Å². The van der Waals surface area contributed by atoms with E-state index in [0.717, 1.165) is 28.5 Å². The first kappa shape index (κ1) is 13.2. The molecule has 3 rings (SSSR count). The number of aromatic nitrogens is 6. The minimum Gasteiger partial charge on any atom is -0.379 e. The first-order valence-electron chi connectivity index (χ1n) is 6.59. The van der Waals surface area contributed by atoms with Gasteiger partial charge in [0, 0.05) is 11.9 Å². The van der Waals surface area contributed by atoms with Crippen molar-refractivity contribution in [2.45, 2.75) is 20.4 Å². The number of anilines is 1. The van der Waals surface area contributed by atoms with Gasteiger partial charge in [0.05, 0.1) is 17.9 Å². The van der Waals surface area contributed by atoms with Crippen LogP contribution >= 0.6 is 0 Å². The maximum atomic E-state index is 4.37. The summed E-state index contributed by atoms with van der Waals surface area (Å²) in [7, 11) is 0. The lowest BCUT2D eigenvalue weighted by molar-refractivity contribution is 0.785. The van der Waals surface area contributed by atoms with Crippen molar-refractivity contribution in [2.24, 2.45) is 0 Å². The molecular weight excluding hydrogens is 266 g/mol. The van der Waals surface area contributed by atoms with Crippen molar-refractivity contribution in [3.05, 3.63) is 53.9 Å². The summed E-state index contributed by atoms with van der Waals surface area (Å²) >= 11 is 0. The number of rotatable bonds is 4. The molecule has 1 aromatic carbocycles. The molecule has 0 saturated heterocycles. The Labute approximate surface area is 122 Å². The first-order chi connectivity index (χ1) is 10.2. The molecule has 0 aliphatic carbocycles. The lowest BCUT2D eigenvalue weighted by Crippen LogP contribution is -2.05. The van der Waals surface area contributed by atoms with Crippen molar-refractivity contribution in [3.8, 4) is 5.69 Å². The number of tetrazole rings is 1. The Morgan fingerprint density at radius 2 is 2.10 bits per heavy atom. The molecule has 1 N–H and O–H groups in total. The zero-order valence-electron chi connectivity index (χ0n) is 11.9. The summed E-state index contributed by atoms with van der Waals surface area (Å²) in [5, 5.41) is 14.6. The largest absolute Gasteiger partial charge is 0.379 e. The van der Waals surface area contributed by atoms with Crippen LogP contribution in [0.15, 0.2) is 36.8 Å². The Morgan fingerprint density at radius 3 is 2.86 bits per heavy atom. The van der Waals surface area contributed by atoms with Gasteiger partial charge in [-0.2, -0.15) is 0 Å². The maximum absolute atomic E-state index is 4.37. The molecule has 7 nitrogen and oxygen atoms in total. The molecule has 0 atom stereocenters. The number of hydrogen-bond donors (Lipinski definition) is 1. The summed E-state index contributed by atoms with van der Waals surface area (Å²) in [5.41, 5.74) is 3.99. The number of nitrogens with zero attached hydrogens (tertiary/aromatic N) is 6. The van der Waals surface area contributed by atoms with E-state index >= 15 is 0 Å². The number of benzene rings is 1. The predicted octanol–water partition coefficient (Wildman–Crippen LogP) is 1.68. The second kappa shape index (κ2) is 5.66. The van der Waals surface area contributed by atoms with Gasteiger partial charge in [-0.15, -0.1) is 5.10 Å². The normalized spacial score (nSPS) is 10.6. The van der Waals surface area contributed by atoms with Crippen LogP contribution in [0.2, 0.25) is 0 Å². The topological polar surface area (TPSA) is 81.4 Å². The van der Waals surface area contributed by atoms with Gasteiger partial charge in [-0.25, -0.2) is 14.6 Å². The van der Waals surface area contributed by atoms with E-state index in [9.17, 15) is 0 Å². The Balaban J connectivity index is 1.79. The highest BCUT2D eigenvalue weighted by molar-refractivity contribution is 5.54. The molecule has 3 aromatic rings. The van der Waals surface area contributed by atoms with Crippen molar-refractivity contribution in [1.82, 2.24) is 30.2 Å². The van der Waals surface area contributed by atoms with Gasteiger partial charge in [0.2, 0.25) is 0 Å². The lowest BCUT2D eigenvalue weighted by Gasteiger charge is -2.10. The SMILES string of the molecule is Cc1nccc(CNc2ccc(C)c(-n3cnnn3)c2)n1. The molecule has 0 bridgehead atoms. The zero-order valence-corrected chi connectivity index (χ0v) is 11.9. The molecular formula is C14H15N7. The van der Waals surface area contributed by atoms with Gasteiger partial charge < -0.3 is 5.32 Å². The molecule has 0 aliphatic heterocycles. The molecule has 21 heavy (non-hydrogen) atoms. The van der Waals surface area contributed by atoms with E-state index in [0.29, 0.717) is 6.54 Å². The van der Waals surface area contributed by atoms with Gasteiger partial charge in [0.1, 0.15) is 12.2 Å². The van der Waals surface area contributed by atoms with Crippen LogP contribution in [-0.4, -0.2) is 30.2 Å². The molecule has 0 fully saturated rings. The fraction of sp³-hybridized carbons (Fsp3) is 0.214. The van der Waals surface area contributed by atoms with E-state index in [4.69, 9.17) is 0 Å². The van der Waals surface area contributed by atoms with Crippen LogP contribution in [0.4, 0.5) is 5.69 Å². The second-order valence-corrected chi connectivity index (χ2v) is 4.70. The van der Waals surface area contributed by atoms with Crippen LogP contribution < -0.4 is 5.32 Å². The fourth-order valence-electron chi connectivity index (χ4n) is 2.03. The molecule has 0 unspecified atom stereocenters. The summed E-state index contributed by atoms with van der Waals surface area (Å²) in [6, 6.07) is 7.97. The second-order valence-electron chi connectivity index (χ2n) is 4.70. The van der Waals surface area contributed by atoms with E-state index in [1.54, 1.807) is 17.2 Å². The summed E-state index contributed by atoms with van der Waals surface area (Å²) in [5.74, 6) is 0.771. The summed E-state index contributed by atoms with van der Waals surface area (Å²) in [4.78, 5) is 8.46. The monoisotopic (exact) mass is 281 g/mol. The summed E-state index contributed by atoms with van der Waals surface area (Å²) in [6.07, 6.45) is 3.35. The highest BCUT2D eigenvalue weighted by atomic mass is 15.5. The summed E-state index contributed by atoms with van der Waals surface area (Å²) < 4.78 is 1.65. The van der Waals surface area contributed by atoms with Gasteiger partial charge >= 0.3 is 0 Å². The smallest absolute Gasteiger partial charge is 0.143 e. The third-order valence-corrected chi connectivity index (χ3v) is 3.11. The van der Waals surface area contributed by atoms with Crippen LogP contribution in [-0.2, 0) is 6.54 Å². The maximum Gasteiger partial charge on any atom is 0.143 e. The van der Waals surface area contributed by atoms with Crippen molar-refractivity contribution in [2.75, 3.05) is 5.32 Å². The van der Waals surface area contributed by atoms with Crippen molar-refractivity contribution in [1.29, 1.82) is 0 Å². The quantitative estimate of drug-likeness (QED) is 0.783. The van der Waals surface area contributed by atoms with E-state index in [1.807, 2.05) is 38.1 Å². The standard InChI is InChI=1S/C14H15N7/c1-10-3-4-12(7-14(10)21-9-17-19-20-21)16-8-13-5-6-15-11(2)18-13/h3-7,9,16H,8H2,1-2H3. The minimum atomic E-state index is 0.640. The highest BCUT2D eigenvalue weighted by Crippen LogP contribution is 2.18. The average molecular weight is 281 g/mol. The Bertz CT molecular complexity index is 737. The number of hydrogen-bond acceptors (Lipinski definition) is 6. The van der Waals surface area contributed by atoms with E-state index in [-0.39, 0.29) is 0 Å². The Kier molecular flexibility index (Phi) is 3.55. The van der Waals surface area contributed by atoms with Crippen LogP contribution in [0.1, 0.15) is 17.1 Å². The van der Waals surface area contributed by atoms with Gasteiger partial charge in [-0.3, -0.25) is 0 Å². The Morgan fingerprint density at radius 1 is 1.19 bits per heavy atom. The minimum absolute atomic E-state index is 0.640. The zero-order chi connectivity index (χ0) is 14.7. The molecule has 0 saturated carbocycles. The van der Waals surface area contributed by atoms with Gasteiger partial charge in [-0.05, 0) is 48.0 Å². The van der Waals surface area contributed by atoms with Gasteiger partial charge in [-0.1, -0.05) is 6.07 Å². The molecule has 0 spiro atoms. The van der Waals surface area contributed by atoms with Crippen molar-refractivity contribution >= 4 is 5.69 Å². The lowest BCUT2D eigenvalue weighted by atomic mass is 10.2. The number of aryl methyl sites for hydroxylation is 2. The molecule has 0 radical (unpaired) electrons. The van der Waals surface area contributed by atoms with Crippen molar-refractivity contribution < 1.29 is 0 Å². The molecule has 0 aliphatic rings. The molecule has 2 heterocycles. The fourth-order valence-corrected chi connectivity index (χ4v) is 2.03. The average Bonchev–Trinajstić information content (AvgIpc) is 3.00. The highest BCUT2D eigenvalue weighted by Gasteiger charge is 2.04. The molecule has 7 heteroatoms. The van der Waals surface area contributed by atoms with Crippen molar-refractivity contribution in [3.63, 3.8) is 0 Å². The van der Waals surface area contributed by atoms with E-state index in [1.165, 1.54) is 0 Å². The van der Waals surface area contributed by atoms with Gasteiger partial charge in [0.25, 0.3) is 0 Å². The summed E-state index contributed by atoms with van der Waals surface area (Å²) in [6.45, 7) is 4.54. The first-order valence-corrected chi connectivity index (χ1v) is 6.59. The Hall–Kier alpha value is -2.83. The predicted molar refractivity (Wildman–Crippen MR) is 78.0 cm³/mol. The number of nitrogens with one attached hydrogen (secondary N) is 1. The third kappa shape index (κ3) is 3.02. The van der Waals surface area contributed by atoms with Crippen LogP contribution in [0.3, 0.4) is 0 Å².